The van der Waals surface area contributed by atoms with Crippen LogP contribution in [0.3, 0.4) is 0 Å². The first-order valence-electron chi connectivity index (χ1n) is 9.57. The minimum absolute atomic E-state index is 0.307. The van der Waals surface area contributed by atoms with Crippen molar-refractivity contribution in [3.63, 3.8) is 0 Å². The molecule has 0 aromatic heterocycles. The van der Waals surface area contributed by atoms with Crippen LogP contribution in [0.25, 0.3) is 5.57 Å². The lowest BCUT2D eigenvalue weighted by Crippen LogP contribution is -2.47. The van der Waals surface area contributed by atoms with Gasteiger partial charge in [-0.1, -0.05) is 31.9 Å². The molecule has 4 nitrogen and oxygen atoms in total. The van der Waals surface area contributed by atoms with Crippen LogP contribution >= 0.6 is 0 Å². The van der Waals surface area contributed by atoms with E-state index >= 15 is 0 Å². The van der Waals surface area contributed by atoms with Crippen molar-refractivity contribution < 1.29 is 32.2 Å². The SMILES string of the molecule is CCCC[C@@]12C=C(c3ccc(C(F)(F)F)cc3)[C@@H](CCO1)[C@@H]1C(=O)OC(=O)[C@@H]12. The van der Waals surface area contributed by atoms with Gasteiger partial charge < -0.3 is 9.47 Å². The minimum Gasteiger partial charge on any atom is -0.393 e. The summed E-state index contributed by atoms with van der Waals surface area (Å²) >= 11 is 0. The molecule has 2 bridgehead atoms. The number of alkyl halides is 3. The number of halogens is 3. The maximum absolute atomic E-state index is 12.9. The van der Waals surface area contributed by atoms with Crippen LogP contribution in [0.4, 0.5) is 13.2 Å². The van der Waals surface area contributed by atoms with Crippen molar-refractivity contribution in [2.75, 3.05) is 6.61 Å². The molecule has 0 unspecified atom stereocenters. The van der Waals surface area contributed by atoms with E-state index in [9.17, 15) is 22.8 Å². The molecule has 0 amide bonds. The summed E-state index contributed by atoms with van der Waals surface area (Å²) in [7, 11) is 0. The number of fused-ring (bicyclic) bond motifs is 2. The van der Waals surface area contributed by atoms with Crippen LogP contribution in [-0.2, 0) is 25.2 Å². The zero-order chi connectivity index (χ0) is 20.1. The third-order valence-electron chi connectivity index (χ3n) is 6.11. The first-order valence-corrected chi connectivity index (χ1v) is 9.57. The maximum Gasteiger partial charge on any atom is 0.416 e. The van der Waals surface area contributed by atoms with Gasteiger partial charge >= 0.3 is 18.1 Å². The Balaban J connectivity index is 1.81. The van der Waals surface area contributed by atoms with Crippen molar-refractivity contribution in [3.8, 4) is 0 Å². The second kappa shape index (κ2) is 6.72. The number of rotatable bonds is 4. The van der Waals surface area contributed by atoms with Gasteiger partial charge in [-0.25, -0.2) is 0 Å². The number of carbonyl (C=O) groups excluding carboxylic acids is 2. The Labute approximate surface area is 160 Å². The molecule has 7 heteroatoms. The fraction of sp³-hybridized carbons (Fsp3) is 0.524. The van der Waals surface area contributed by atoms with Gasteiger partial charge in [0.15, 0.2) is 0 Å². The normalized spacial score (nSPS) is 32.0. The first-order chi connectivity index (χ1) is 13.3. The van der Waals surface area contributed by atoms with Crippen molar-refractivity contribution in [1.82, 2.24) is 0 Å². The van der Waals surface area contributed by atoms with E-state index in [-0.39, 0.29) is 5.92 Å². The molecule has 4 atom stereocenters. The lowest BCUT2D eigenvalue weighted by molar-refractivity contribution is -0.156. The number of esters is 2. The molecule has 2 fully saturated rings. The zero-order valence-electron chi connectivity index (χ0n) is 15.4. The number of hydrogen-bond donors (Lipinski definition) is 0. The molecule has 3 aliphatic heterocycles. The average molecular weight is 394 g/mol. The van der Waals surface area contributed by atoms with Gasteiger partial charge in [0.05, 0.1) is 11.5 Å². The van der Waals surface area contributed by atoms with Crippen LogP contribution < -0.4 is 0 Å². The van der Waals surface area contributed by atoms with Gasteiger partial charge in [-0.05, 0) is 42.2 Å². The highest BCUT2D eigenvalue weighted by molar-refractivity contribution is 6.00. The third kappa shape index (κ3) is 2.96. The summed E-state index contributed by atoms with van der Waals surface area (Å²) < 4.78 is 49.8. The molecule has 0 N–H and O–H groups in total. The summed E-state index contributed by atoms with van der Waals surface area (Å²) in [4.78, 5) is 24.9. The van der Waals surface area contributed by atoms with Gasteiger partial charge in [0.25, 0.3) is 0 Å². The second-order valence-corrected chi connectivity index (χ2v) is 7.72. The molecule has 150 valence electrons. The minimum atomic E-state index is -4.41. The predicted molar refractivity (Wildman–Crippen MR) is 93.8 cm³/mol. The molecule has 4 aliphatic rings. The molecule has 1 aliphatic carbocycles. The fourth-order valence-corrected chi connectivity index (χ4v) is 4.81. The number of carbonyl (C=O) groups is 2. The van der Waals surface area contributed by atoms with Gasteiger partial charge in [0.2, 0.25) is 0 Å². The van der Waals surface area contributed by atoms with Crippen LogP contribution in [0, 0.1) is 17.8 Å². The summed E-state index contributed by atoms with van der Waals surface area (Å²) in [6, 6.07) is 4.95. The fourth-order valence-electron chi connectivity index (χ4n) is 4.81. The lowest BCUT2D eigenvalue weighted by Gasteiger charge is -2.40. The summed E-state index contributed by atoms with van der Waals surface area (Å²) in [5, 5.41) is 0. The number of cyclic esters (lactones) is 2. The molecule has 1 aromatic rings. The van der Waals surface area contributed by atoms with Crippen molar-refractivity contribution >= 4 is 17.5 Å². The first kappa shape index (κ1) is 19.2. The van der Waals surface area contributed by atoms with Crippen LogP contribution in [0.5, 0.6) is 0 Å². The van der Waals surface area contributed by atoms with E-state index in [1.54, 1.807) is 0 Å². The van der Waals surface area contributed by atoms with Gasteiger partial charge in [0.1, 0.15) is 11.5 Å². The van der Waals surface area contributed by atoms with Gasteiger partial charge in [-0.3, -0.25) is 9.59 Å². The topological polar surface area (TPSA) is 52.6 Å². The molecule has 2 saturated heterocycles. The molecule has 5 rings (SSSR count). The molecular formula is C21H21F3O4. The summed E-state index contributed by atoms with van der Waals surface area (Å²) in [5.74, 6) is -2.74. The third-order valence-corrected chi connectivity index (χ3v) is 6.11. The van der Waals surface area contributed by atoms with E-state index in [1.165, 1.54) is 12.1 Å². The molecule has 0 saturated carbocycles. The molecule has 0 spiro atoms. The maximum atomic E-state index is 12.9. The highest BCUT2D eigenvalue weighted by atomic mass is 19.4. The van der Waals surface area contributed by atoms with Crippen molar-refractivity contribution in [2.45, 2.75) is 44.4 Å². The van der Waals surface area contributed by atoms with E-state index in [1.807, 2.05) is 13.0 Å². The lowest BCUT2D eigenvalue weighted by atomic mass is 9.63. The van der Waals surface area contributed by atoms with Crippen LogP contribution in [0.2, 0.25) is 0 Å². The largest absolute Gasteiger partial charge is 0.416 e. The van der Waals surface area contributed by atoms with Crippen LogP contribution in [0.15, 0.2) is 30.3 Å². The standard InChI is InChI=1S/C21H21F3O4/c1-2-3-9-20-11-15(12-4-6-13(7-5-12)21(22,23)24)14(8-10-27-20)16-17(20)19(26)28-18(16)25/h4-7,11,14,16-17H,2-3,8-10H2,1H3/t14-,16+,17-,20+/m1/s1. The molecular weight excluding hydrogens is 373 g/mol. The van der Waals surface area contributed by atoms with Crippen molar-refractivity contribution in [3.05, 3.63) is 41.5 Å². The second-order valence-electron chi connectivity index (χ2n) is 7.72. The molecule has 3 heterocycles. The number of hydrogen-bond acceptors (Lipinski definition) is 4. The monoisotopic (exact) mass is 394 g/mol. The number of unbranched alkanes of at least 4 members (excludes halogenated alkanes) is 1. The van der Waals surface area contributed by atoms with Gasteiger partial charge in [-0.2, -0.15) is 13.2 Å². The number of ether oxygens (including phenoxy) is 2. The zero-order valence-corrected chi connectivity index (χ0v) is 15.4. The summed E-state index contributed by atoms with van der Waals surface area (Å²) in [6.45, 7) is 2.41. The Morgan fingerprint density at radius 3 is 2.50 bits per heavy atom. The van der Waals surface area contributed by atoms with Gasteiger partial charge in [0, 0.05) is 12.5 Å². The Bertz CT molecular complexity index is 827. The molecule has 0 radical (unpaired) electrons. The van der Waals surface area contributed by atoms with E-state index in [0.29, 0.717) is 25.0 Å². The van der Waals surface area contributed by atoms with Crippen molar-refractivity contribution in [2.24, 2.45) is 17.8 Å². The molecule has 28 heavy (non-hydrogen) atoms. The highest BCUT2D eigenvalue weighted by Crippen LogP contribution is 2.54. The Hall–Kier alpha value is -2.15. The van der Waals surface area contributed by atoms with E-state index < -0.39 is 41.1 Å². The number of allylic oxidation sites excluding steroid dienone is 1. The quantitative estimate of drug-likeness (QED) is 0.562. The van der Waals surface area contributed by atoms with Gasteiger partial charge in [-0.15, -0.1) is 0 Å². The summed E-state index contributed by atoms with van der Waals surface area (Å²) in [6.07, 6.45) is 0.232. The number of benzene rings is 1. The smallest absolute Gasteiger partial charge is 0.393 e. The van der Waals surface area contributed by atoms with Crippen LogP contribution in [0.1, 0.15) is 43.7 Å². The summed E-state index contributed by atoms with van der Waals surface area (Å²) in [5.41, 5.74) is -0.277. The van der Waals surface area contributed by atoms with E-state index in [0.717, 1.165) is 30.5 Å². The average Bonchev–Trinajstić information content (AvgIpc) is 2.81. The predicted octanol–water partition coefficient (Wildman–Crippen LogP) is 4.38. The van der Waals surface area contributed by atoms with Crippen LogP contribution in [-0.4, -0.2) is 24.1 Å². The van der Waals surface area contributed by atoms with E-state index in [4.69, 9.17) is 9.47 Å². The van der Waals surface area contributed by atoms with Crippen molar-refractivity contribution in [1.29, 1.82) is 0 Å². The Morgan fingerprint density at radius 2 is 1.86 bits per heavy atom. The van der Waals surface area contributed by atoms with E-state index in [2.05, 4.69) is 0 Å². The molecule has 1 aromatic carbocycles. The Morgan fingerprint density at radius 1 is 1.14 bits per heavy atom. The highest BCUT2D eigenvalue weighted by Gasteiger charge is 2.62. The Kier molecular flexibility index (Phi) is 4.61.